The van der Waals surface area contributed by atoms with Crippen LogP contribution in [0.25, 0.3) is 0 Å². The predicted octanol–water partition coefficient (Wildman–Crippen LogP) is 1.93. The van der Waals surface area contributed by atoms with Crippen molar-refractivity contribution in [3.05, 3.63) is 54.5 Å². The Morgan fingerprint density at radius 3 is 2.62 bits per heavy atom. The van der Waals surface area contributed by atoms with E-state index in [-0.39, 0.29) is 28.9 Å². The molecule has 138 valence electrons. The van der Waals surface area contributed by atoms with E-state index < -0.39 is 10.0 Å². The SMILES string of the molecule is O=C(NCc1ccco1)N1CC2CC1CC2NS(=O)(=O)c1ccccc1. The minimum absolute atomic E-state index is 0.0695. The molecule has 2 aromatic rings. The van der Waals surface area contributed by atoms with Crippen molar-refractivity contribution in [2.24, 2.45) is 5.92 Å². The van der Waals surface area contributed by atoms with Gasteiger partial charge >= 0.3 is 6.03 Å². The van der Waals surface area contributed by atoms with Crippen molar-refractivity contribution in [2.45, 2.75) is 36.4 Å². The lowest BCUT2D eigenvalue weighted by Gasteiger charge is -2.31. The van der Waals surface area contributed by atoms with Crippen LogP contribution >= 0.6 is 0 Å². The van der Waals surface area contributed by atoms with E-state index in [0.29, 0.717) is 25.3 Å². The number of hydrogen-bond donors (Lipinski definition) is 2. The molecule has 1 aliphatic heterocycles. The fourth-order valence-corrected chi connectivity index (χ4v) is 5.23. The summed E-state index contributed by atoms with van der Waals surface area (Å²) in [4.78, 5) is 14.5. The summed E-state index contributed by atoms with van der Waals surface area (Å²) in [7, 11) is -3.53. The van der Waals surface area contributed by atoms with Gasteiger partial charge in [-0.25, -0.2) is 17.9 Å². The number of likely N-dealkylation sites (tertiary alicyclic amines) is 1. The van der Waals surface area contributed by atoms with Crippen molar-refractivity contribution in [2.75, 3.05) is 6.54 Å². The number of sulfonamides is 1. The van der Waals surface area contributed by atoms with Crippen LogP contribution in [0.1, 0.15) is 18.6 Å². The number of furan rings is 1. The Balaban J connectivity index is 1.34. The van der Waals surface area contributed by atoms with Crippen LogP contribution < -0.4 is 10.0 Å². The molecule has 2 heterocycles. The minimum atomic E-state index is -3.53. The Kier molecular flexibility index (Phi) is 4.46. The molecule has 0 spiro atoms. The molecule has 2 amide bonds. The first kappa shape index (κ1) is 17.1. The molecule has 1 saturated heterocycles. The van der Waals surface area contributed by atoms with Crippen LogP contribution in [-0.2, 0) is 16.6 Å². The third-order valence-corrected chi connectivity index (χ3v) is 6.66. The molecule has 8 heteroatoms. The summed E-state index contributed by atoms with van der Waals surface area (Å²) < 4.78 is 33.0. The van der Waals surface area contributed by atoms with Crippen molar-refractivity contribution in [3.63, 3.8) is 0 Å². The number of fused-ring (bicyclic) bond motifs is 2. The smallest absolute Gasteiger partial charge is 0.318 e. The van der Waals surface area contributed by atoms with E-state index in [0.717, 1.165) is 6.42 Å². The number of urea groups is 1. The molecular weight excluding hydrogens is 354 g/mol. The molecule has 1 aliphatic carbocycles. The number of nitrogens with one attached hydrogen (secondary N) is 2. The van der Waals surface area contributed by atoms with E-state index in [4.69, 9.17) is 4.42 Å². The largest absolute Gasteiger partial charge is 0.467 e. The molecule has 1 saturated carbocycles. The van der Waals surface area contributed by atoms with Crippen molar-refractivity contribution in [3.8, 4) is 0 Å². The summed E-state index contributed by atoms with van der Waals surface area (Å²) in [5.74, 6) is 0.851. The predicted molar refractivity (Wildman–Crippen MR) is 94.7 cm³/mol. The Hall–Kier alpha value is -2.32. The lowest BCUT2D eigenvalue weighted by atomic mass is 10.0. The summed E-state index contributed by atoms with van der Waals surface area (Å²) >= 11 is 0. The molecule has 0 radical (unpaired) electrons. The zero-order valence-corrected chi connectivity index (χ0v) is 15.0. The van der Waals surface area contributed by atoms with Gasteiger partial charge in [0.25, 0.3) is 0 Å². The van der Waals surface area contributed by atoms with E-state index in [1.54, 1.807) is 47.6 Å². The summed E-state index contributed by atoms with van der Waals surface area (Å²) in [6.45, 7) is 0.917. The lowest BCUT2D eigenvalue weighted by Crippen LogP contribution is -2.50. The maximum absolute atomic E-state index is 12.5. The summed E-state index contributed by atoms with van der Waals surface area (Å²) in [5, 5.41) is 2.86. The third kappa shape index (κ3) is 3.34. The molecule has 2 fully saturated rings. The van der Waals surface area contributed by atoms with Gasteiger partial charge in [-0.1, -0.05) is 18.2 Å². The first-order chi connectivity index (χ1) is 12.5. The maximum Gasteiger partial charge on any atom is 0.318 e. The number of carbonyl (C=O) groups excluding carboxylic acids is 1. The fraction of sp³-hybridized carbons (Fsp3) is 0.389. The van der Waals surface area contributed by atoms with Gasteiger partial charge in [-0.05, 0) is 43.0 Å². The highest BCUT2D eigenvalue weighted by atomic mass is 32.2. The Morgan fingerprint density at radius 2 is 1.96 bits per heavy atom. The van der Waals surface area contributed by atoms with E-state index in [9.17, 15) is 13.2 Å². The molecule has 2 aliphatic rings. The Bertz CT molecular complexity index is 867. The molecular formula is C18H21N3O4S. The monoisotopic (exact) mass is 375 g/mol. The van der Waals surface area contributed by atoms with Gasteiger partial charge in [0.2, 0.25) is 10.0 Å². The highest BCUT2D eigenvalue weighted by molar-refractivity contribution is 7.89. The van der Waals surface area contributed by atoms with Gasteiger partial charge in [0.05, 0.1) is 17.7 Å². The Morgan fingerprint density at radius 1 is 1.15 bits per heavy atom. The quantitative estimate of drug-likeness (QED) is 0.835. The highest BCUT2D eigenvalue weighted by Gasteiger charge is 2.47. The zero-order valence-electron chi connectivity index (χ0n) is 14.2. The van der Waals surface area contributed by atoms with Gasteiger partial charge in [-0.15, -0.1) is 0 Å². The van der Waals surface area contributed by atoms with Crippen LogP contribution in [0.5, 0.6) is 0 Å². The van der Waals surface area contributed by atoms with Crippen LogP contribution in [-0.4, -0.2) is 38.0 Å². The molecule has 1 aromatic heterocycles. The molecule has 2 N–H and O–H groups in total. The second-order valence-electron chi connectivity index (χ2n) is 6.82. The first-order valence-electron chi connectivity index (χ1n) is 8.67. The summed E-state index contributed by atoms with van der Waals surface area (Å²) in [5.41, 5.74) is 0. The van der Waals surface area contributed by atoms with Gasteiger partial charge < -0.3 is 14.6 Å². The standard InChI is InChI=1S/C18H21N3O4S/c22-18(19-11-15-5-4-8-25-15)21-12-13-9-14(21)10-17(13)20-26(23,24)16-6-2-1-3-7-16/h1-8,13-14,17,20H,9-12H2,(H,19,22). The molecule has 7 nitrogen and oxygen atoms in total. The van der Waals surface area contributed by atoms with E-state index in [1.807, 2.05) is 6.07 Å². The summed E-state index contributed by atoms with van der Waals surface area (Å²) in [6, 6.07) is 11.8. The number of carbonyl (C=O) groups is 1. The number of piperidine rings is 1. The van der Waals surface area contributed by atoms with Crippen LogP contribution in [0.4, 0.5) is 4.79 Å². The topological polar surface area (TPSA) is 91.7 Å². The van der Waals surface area contributed by atoms with Gasteiger partial charge in [-0.2, -0.15) is 0 Å². The molecule has 2 bridgehead atoms. The van der Waals surface area contributed by atoms with E-state index >= 15 is 0 Å². The maximum atomic E-state index is 12.5. The van der Waals surface area contributed by atoms with Crippen LogP contribution in [0.15, 0.2) is 58.0 Å². The number of amides is 2. The molecule has 26 heavy (non-hydrogen) atoms. The minimum Gasteiger partial charge on any atom is -0.467 e. The first-order valence-corrected chi connectivity index (χ1v) is 10.2. The van der Waals surface area contributed by atoms with Crippen molar-refractivity contribution in [1.29, 1.82) is 0 Å². The van der Waals surface area contributed by atoms with Crippen molar-refractivity contribution < 1.29 is 17.6 Å². The molecule has 1 aromatic carbocycles. The Labute approximate surface area is 152 Å². The van der Waals surface area contributed by atoms with Crippen LogP contribution in [0.2, 0.25) is 0 Å². The number of rotatable bonds is 5. The highest BCUT2D eigenvalue weighted by Crippen LogP contribution is 2.38. The number of nitrogens with zero attached hydrogens (tertiary/aromatic N) is 1. The van der Waals surface area contributed by atoms with Gasteiger partial charge in [0.1, 0.15) is 5.76 Å². The molecule has 3 unspecified atom stereocenters. The van der Waals surface area contributed by atoms with E-state index in [1.165, 1.54) is 0 Å². The van der Waals surface area contributed by atoms with E-state index in [2.05, 4.69) is 10.0 Å². The second-order valence-corrected chi connectivity index (χ2v) is 8.53. The average Bonchev–Trinajstić information content (AvgIpc) is 3.37. The summed E-state index contributed by atoms with van der Waals surface area (Å²) in [6.07, 6.45) is 3.05. The normalized spacial score (nSPS) is 24.8. The number of hydrogen-bond acceptors (Lipinski definition) is 4. The van der Waals surface area contributed by atoms with Crippen molar-refractivity contribution >= 4 is 16.1 Å². The van der Waals surface area contributed by atoms with Crippen LogP contribution in [0, 0.1) is 5.92 Å². The zero-order chi connectivity index (χ0) is 18.1. The molecule has 4 rings (SSSR count). The average molecular weight is 375 g/mol. The lowest BCUT2D eigenvalue weighted by molar-refractivity contribution is 0.173. The number of benzene rings is 1. The third-order valence-electron chi connectivity index (χ3n) is 5.16. The van der Waals surface area contributed by atoms with Gasteiger partial charge in [-0.3, -0.25) is 0 Å². The van der Waals surface area contributed by atoms with Crippen molar-refractivity contribution in [1.82, 2.24) is 14.9 Å². The molecule has 3 atom stereocenters. The van der Waals surface area contributed by atoms with Crippen LogP contribution in [0.3, 0.4) is 0 Å². The second kappa shape index (κ2) is 6.77. The van der Waals surface area contributed by atoms with Gasteiger partial charge in [0, 0.05) is 18.6 Å². The van der Waals surface area contributed by atoms with Gasteiger partial charge in [0.15, 0.2) is 0 Å². The fourth-order valence-electron chi connectivity index (χ4n) is 3.89.